The lowest BCUT2D eigenvalue weighted by Gasteiger charge is -2.32. The number of likely N-dealkylation sites (N-methyl/N-ethyl adjacent to an activating group) is 1. The van der Waals surface area contributed by atoms with Crippen molar-refractivity contribution < 1.29 is 8.42 Å². The van der Waals surface area contributed by atoms with Gasteiger partial charge in [-0.2, -0.15) is 4.31 Å². The van der Waals surface area contributed by atoms with Gasteiger partial charge in [0.2, 0.25) is 15.5 Å². The summed E-state index contributed by atoms with van der Waals surface area (Å²) in [5.41, 5.74) is -0.654. The molecule has 6 nitrogen and oxygen atoms in total. The SMILES string of the molecule is CCN1CCN(S(=O)(=O)c2c[nH]cc(Cl)c2=O)CC1. The van der Waals surface area contributed by atoms with Gasteiger partial charge in [0.05, 0.1) is 0 Å². The first-order chi connectivity index (χ1) is 8.96. The molecule has 2 rings (SSSR count). The molecule has 1 aromatic rings. The second-order valence-electron chi connectivity index (χ2n) is 4.34. The number of pyridine rings is 1. The van der Waals surface area contributed by atoms with Crippen molar-refractivity contribution >= 4 is 21.6 Å². The van der Waals surface area contributed by atoms with Crippen LogP contribution in [0.4, 0.5) is 0 Å². The maximum absolute atomic E-state index is 12.4. The predicted octanol–water partition coefficient (Wildman–Crippen LogP) is 0.354. The van der Waals surface area contributed by atoms with Gasteiger partial charge in [-0.05, 0) is 6.54 Å². The van der Waals surface area contributed by atoms with Crippen LogP contribution in [-0.2, 0) is 10.0 Å². The lowest BCUT2D eigenvalue weighted by atomic mass is 10.4. The van der Waals surface area contributed by atoms with Gasteiger partial charge in [0.25, 0.3) is 0 Å². The molecule has 1 aromatic heterocycles. The summed E-state index contributed by atoms with van der Waals surface area (Å²) in [5, 5.41) is -0.117. The molecule has 0 unspecified atom stereocenters. The molecule has 0 spiro atoms. The minimum absolute atomic E-state index is 0.117. The van der Waals surface area contributed by atoms with E-state index >= 15 is 0 Å². The second-order valence-corrected chi connectivity index (χ2v) is 6.65. The van der Waals surface area contributed by atoms with Gasteiger partial charge in [0.1, 0.15) is 9.92 Å². The summed E-state index contributed by atoms with van der Waals surface area (Å²) in [6, 6.07) is 0. The van der Waals surface area contributed by atoms with Gasteiger partial charge in [0, 0.05) is 38.6 Å². The first-order valence-electron chi connectivity index (χ1n) is 6.06. The monoisotopic (exact) mass is 305 g/mol. The Hall–Kier alpha value is -0.890. The number of rotatable bonds is 3. The first-order valence-corrected chi connectivity index (χ1v) is 7.87. The standard InChI is InChI=1S/C11H16ClN3O3S/c1-2-14-3-5-15(6-4-14)19(17,18)10-8-13-7-9(12)11(10)16/h7-8H,2-6H2,1H3,(H,13,16). The van der Waals surface area contributed by atoms with E-state index in [1.807, 2.05) is 6.92 Å². The fraction of sp³-hybridized carbons (Fsp3) is 0.545. The van der Waals surface area contributed by atoms with Crippen LogP contribution in [0.15, 0.2) is 22.1 Å². The van der Waals surface area contributed by atoms with Crippen molar-refractivity contribution in [3.8, 4) is 0 Å². The number of hydrogen-bond donors (Lipinski definition) is 1. The quantitative estimate of drug-likeness (QED) is 0.875. The van der Waals surface area contributed by atoms with Crippen molar-refractivity contribution in [1.29, 1.82) is 0 Å². The number of H-pyrrole nitrogens is 1. The number of aromatic amines is 1. The highest BCUT2D eigenvalue weighted by Crippen LogP contribution is 2.15. The number of aromatic nitrogens is 1. The predicted molar refractivity (Wildman–Crippen MR) is 72.9 cm³/mol. The Morgan fingerprint density at radius 1 is 1.26 bits per heavy atom. The Labute approximate surface area is 117 Å². The molecule has 8 heteroatoms. The molecule has 1 N–H and O–H groups in total. The zero-order valence-corrected chi connectivity index (χ0v) is 12.2. The molecule has 0 amide bonds. The highest BCUT2D eigenvalue weighted by atomic mass is 35.5. The molecule has 1 aliphatic rings. The van der Waals surface area contributed by atoms with Crippen LogP contribution >= 0.6 is 11.6 Å². The van der Waals surface area contributed by atoms with E-state index in [2.05, 4.69) is 9.88 Å². The molecule has 0 aliphatic carbocycles. The number of nitrogens with zero attached hydrogens (tertiary/aromatic N) is 2. The molecule has 0 atom stereocenters. The average molecular weight is 306 g/mol. The Morgan fingerprint density at radius 2 is 1.89 bits per heavy atom. The van der Waals surface area contributed by atoms with Crippen molar-refractivity contribution in [3.63, 3.8) is 0 Å². The smallest absolute Gasteiger partial charge is 0.248 e. The summed E-state index contributed by atoms with van der Waals surface area (Å²) in [4.78, 5) is 16.3. The number of piperazine rings is 1. The minimum atomic E-state index is -3.77. The van der Waals surface area contributed by atoms with Gasteiger partial charge in [-0.25, -0.2) is 8.42 Å². The van der Waals surface area contributed by atoms with Crippen molar-refractivity contribution in [3.05, 3.63) is 27.6 Å². The molecular formula is C11H16ClN3O3S. The van der Waals surface area contributed by atoms with E-state index in [0.29, 0.717) is 26.2 Å². The topological polar surface area (TPSA) is 73.5 Å². The lowest BCUT2D eigenvalue weighted by Crippen LogP contribution is -2.49. The summed E-state index contributed by atoms with van der Waals surface area (Å²) < 4.78 is 26.1. The molecule has 19 heavy (non-hydrogen) atoms. The third-order valence-electron chi connectivity index (χ3n) is 3.26. The van der Waals surface area contributed by atoms with E-state index in [9.17, 15) is 13.2 Å². The van der Waals surface area contributed by atoms with Crippen molar-refractivity contribution in [2.75, 3.05) is 32.7 Å². The maximum atomic E-state index is 12.4. The van der Waals surface area contributed by atoms with E-state index in [0.717, 1.165) is 6.54 Å². The highest BCUT2D eigenvalue weighted by molar-refractivity contribution is 7.89. The van der Waals surface area contributed by atoms with Gasteiger partial charge in [0.15, 0.2) is 0 Å². The maximum Gasteiger partial charge on any atom is 0.248 e. The van der Waals surface area contributed by atoms with Crippen molar-refractivity contribution in [1.82, 2.24) is 14.2 Å². The molecule has 0 bridgehead atoms. The Morgan fingerprint density at radius 3 is 2.47 bits per heavy atom. The number of nitrogens with one attached hydrogen (secondary N) is 1. The zero-order valence-electron chi connectivity index (χ0n) is 10.6. The summed E-state index contributed by atoms with van der Waals surface area (Å²) in [6.45, 7) is 5.06. The van der Waals surface area contributed by atoms with Crippen LogP contribution in [0, 0.1) is 0 Å². The summed E-state index contributed by atoms with van der Waals surface area (Å²) in [6.07, 6.45) is 2.47. The van der Waals surface area contributed by atoms with Crippen molar-refractivity contribution in [2.24, 2.45) is 0 Å². The number of sulfonamides is 1. The van der Waals surface area contributed by atoms with E-state index in [1.165, 1.54) is 16.7 Å². The number of hydrogen-bond acceptors (Lipinski definition) is 4. The fourth-order valence-electron chi connectivity index (χ4n) is 2.06. The van der Waals surface area contributed by atoms with Crippen molar-refractivity contribution in [2.45, 2.75) is 11.8 Å². The van der Waals surface area contributed by atoms with E-state index in [1.54, 1.807) is 0 Å². The average Bonchev–Trinajstić information content (AvgIpc) is 2.41. The summed E-state index contributed by atoms with van der Waals surface area (Å²) in [7, 11) is -3.77. The molecule has 106 valence electrons. The van der Waals surface area contributed by atoms with E-state index < -0.39 is 15.5 Å². The Kier molecular flexibility index (Phi) is 4.29. The zero-order chi connectivity index (χ0) is 14.0. The van der Waals surface area contributed by atoms with Crippen LogP contribution in [0.2, 0.25) is 5.02 Å². The van der Waals surface area contributed by atoms with E-state index in [4.69, 9.17) is 11.6 Å². The van der Waals surface area contributed by atoms with Gasteiger partial charge in [-0.1, -0.05) is 18.5 Å². The normalized spacial score (nSPS) is 18.6. The molecular weight excluding hydrogens is 290 g/mol. The molecule has 2 heterocycles. The second kappa shape index (κ2) is 5.62. The van der Waals surface area contributed by atoms with Crippen LogP contribution < -0.4 is 5.43 Å². The molecule has 0 saturated carbocycles. The van der Waals surface area contributed by atoms with Gasteiger partial charge in [-0.3, -0.25) is 4.79 Å². The first kappa shape index (κ1) is 14.5. The van der Waals surface area contributed by atoms with Crippen LogP contribution in [0.25, 0.3) is 0 Å². The lowest BCUT2D eigenvalue weighted by molar-refractivity contribution is 0.196. The highest BCUT2D eigenvalue weighted by Gasteiger charge is 2.30. The minimum Gasteiger partial charge on any atom is -0.365 e. The molecule has 1 saturated heterocycles. The number of halogens is 1. The van der Waals surface area contributed by atoms with E-state index in [-0.39, 0.29) is 9.92 Å². The molecule has 1 fully saturated rings. The molecule has 0 aromatic carbocycles. The van der Waals surface area contributed by atoms with Crippen LogP contribution in [0.3, 0.4) is 0 Å². The molecule has 1 aliphatic heterocycles. The van der Waals surface area contributed by atoms with Gasteiger partial charge >= 0.3 is 0 Å². The van der Waals surface area contributed by atoms with Crippen LogP contribution in [0.1, 0.15) is 6.92 Å². The van der Waals surface area contributed by atoms with Gasteiger partial charge in [-0.15, -0.1) is 0 Å². The largest absolute Gasteiger partial charge is 0.365 e. The Bertz CT molecular complexity index is 606. The molecule has 0 radical (unpaired) electrons. The van der Waals surface area contributed by atoms with Crippen LogP contribution in [-0.4, -0.2) is 55.3 Å². The van der Waals surface area contributed by atoms with Crippen LogP contribution in [0.5, 0.6) is 0 Å². The fourth-order valence-corrected chi connectivity index (χ4v) is 3.76. The third-order valence-corrected chi connectivity index (χ3v) is 5.45. The van der Waals surface area contributed by atoms with Gasteiger partial charge < -0.3 is 9.88 Å². The Balaban J connectivity index is 2.29. The third kappa shape index (κ3) is 2.84. The summed E-state index contributed by atoms with van der Waals surface area (Å²) >= 11 is 5.67. The summed E-state index contributed by atoms with van der Waals surface area (Å²) in [5.74, 6) is 0.